The lowest BCUT2D eigenvalue weighted by Crippen LogP contribution is -2.43. The Morgan fingerprint density at radius 3 is 2.28 bits per heavy atom. The third-order valence-corrected chi connectivity index (χ3v) is 8.44. The smallest absolute Gasteiger partial charge is 0.314 e. The van der Waals surface area contributed by atoms with Crippen LogP contribution in [0.2, 0.25) is 0 Å². The first-order valence-corrected chi connectivity index (χ1v) is 13.2. The zero-order chi connectivity index (χ0) is 25.3. The number of ether oxygens (including phenoxy) is 2. The van der Waals surface area contributed by atoms with Crippen LogP contribution in [0.1, 0.15) is 11.5 Å². The first-order chi connectivity index (χ1) is 17.4. The van der Waals surface area contributed by atoms with Crippen LogP contribution < -0.4 is 20.1 Å². The van der Waals surface area contributed by atoms with E-state index in [1.165, 1.54) is 23.5 Å². The van der Waals surface area contributed by atoms with Crippen molar-refractivity contribution in [3.8, 4) is 11.5 Å². The van der Waals surface area contributed by atoms with Crippen LogP contribution in [0.15, 0.2) is 64.6 Å². The number of hydrogen-bond acceptors (Lipinski definition) is 6. The number of sulfonamides is 1. The number of rotatable bonds is 6. The van der Waals surface area contributed by atoms with Crippen molar-refractivity contribution in [2.24, 2.45) is 0 Å². The Kier molecular flexibility index (Phi) is 6.59. The number of benzene rings is 2. The van der Waals surface area contributed by atoms with E-state index in [0.717, 1.165) is 16.7 Å². The molecular formula is C25H28N4O6S. The lowest BCUT2D eigenvalue weighted by atomic mass is 9.97. The Morgan fingerprint density at radius 2 is 1.61 bits per heavy atom. The monoisotopic (exact) mass is 512 g/mol. The summed E-state index contributed by atoms with van der Waals surface area (Å²) < 4.78 is 39.1. The standard InChI is InChI=1S/C25H28N4O6S/c1-26-25(31)27-12-21(17-5-3-2-4-6-17)24(30)28-13-18-15-29(16-19(18)14-28)36(32,33)20-7-8-22-23(11-20)35-10-9-34-22/h2-8,11,21H,9-10,12-16H2,1H3,(H2,26,27,31)/t21-/m0/s1. The Morgan fingerprint density at radius 1 is 0.944 bits per heavy atom. The van der Waals surface area contributed by atoms with Gasteiger partial charge < -0.3 is 25.0 Å². The summed E-state index contributed by atoms with van der Waals surface area (Å²) in [7, 11) is -2.21. The molecule has 190 valence electrons. The number of nitrogens with one attached hydrogen (secondary N) is 2. The van der Waals surface area contributed by atoms with E-state index in [0.29, 0.717) is 37.8 Å². The van der Waals surface area contributed by atoms with Gasteiger partial charge in [-0.25, -0.2) is 13.2 Å². The molecule has 0 aromatic heterocycles. The van der Waals surface area contributed by atoms with Crippen LogP contribution >= 0.6 is 0 Å². The van der Waals surface area contributed by atoms with Gasteiger partial charge in [0, 0.05) is 45.8 Å². The normalized spacial score (nSPS) is 18.1. The Labute approximate surface area is 209 Å². The molecule has 0 bridgehead atoms. The topological polar surface area (TPSA) is 117 Å². The summed E-state index contributed by atoms with van der Waals surface area (Å²) in [5.41, 5.74) is 2.69. The number of amides is 3. The molecule has 0 saturated carbocycles. The van der Waals surface area contributed by atoms with E-state index in [1.54, 1.807) is 11.0 Å². The lowest BCUT2D eigenvalue weighted by molar-refractivity contribution is -0.131. The van der Waals surface area contributed by atoms with Gasteiger partial charge in [-0.1, -0.05) is 30.3 Å². The van der Waals surface area contributed by atoms with Crippen LogP contribution in [0.4, 0.5) is 4.79 Å². The van der Waals surface area contributed by atoms with E-state index in [1.807, 2.05) is 30.3 Å². The molecule has 3 amide bonds. The first-order valence-electron chi connectivity index (χ1n) is 11.8. The van der Waals surface area contributed by atoms with E-state index >= 15 is 0 Å². The quantitative estimate of drug-likeness (QED) is 0.564. The van der Waals surface area contributed by atoms with Gasteiger partial charge in [0.2, 0.25) is 15.9 Å². The van der Waals surface area contributed by atoms with Crippen molar-refractivity contribution < 1.29 is 27.5 Å². The minimum Gasteiger partial charge on any atom is -0.486 e. The Hall–Kier alpha value is -3.57. The molecule has 3 aliphatic heterocycles. The fraction of sp³-hybridized carbons (Fsp3) is 0.360. The average molecular weight is 513 g/mol. The predicted octanol–water partition coefficient (Wildman–Crippen LogP) is 1.31. The maximum atomic E-state index is 13.5. The van der Waals surface area contributed by atoms with E-state index in [-0.39, 0.29) is 36.5 Å². The van der Waals surface area contributed by atoms with Gasteiger partial charge in [0.05, 0.1) is 10.8 Å². The average Bonchev–Trinajstić information content (AvgIpc) is 3.49. The number of fused-ring (bicyclic) bond motifs is 1. The third-order valence-electron chi connectivity index (χ3n) is 6.65. The molecule has 36 heavy (non-hydrogen) atoms. The Balaban J connectivity index is 1.26. The summed E-state index contributed by atoms with van der Waals surface area (Å²) >= 11 is 0. The molecule has 3 heterocycles. The maximum Gasteiger partial charge on any atom is 0.314 e. The van der Waals surface area contributed by atoms with Crippen molar-refractivity contribution in [3.63, 3.8) is 0 Å². The molecule has 3 aliphatic rings. The van der Waals surface area contributed by atoms with Gasteiger partial charge in [-0.05, 0) is 28.8 Å². The highest BCUT2D eigenvalue weighted by atomic mass is 32.2. The van der Waals surface area contributed by atoms with Crippen LogP contribution in [-0.2, 0) is 14.8 Å². The van der Waals surface area contributed by atoms with Crippen LogP contribution in [0.3, 0.4) is 0 Å². The lowest BCUT2D eigenvalue weighted by Gasteiger charge is -2.27. The third kappa shape index (κ3) is 4.63. The number of hydrogen-bond donors (Lipinski definition) is 2. The zero-order valence-corrected chi connectivity index (χ0v) is 20.7. The van der Waals surface area contributed by atoms with Crippen molar-refractivity contribution in [1.29, 1.82) is 0 Å². The summed E-state index contributed by atoms with van der Waals surface area (Å²) in [5.74, 6) is 0.320. The summed E-state index contributed by atoms with van der Waals surface area (Å²) in [6.07, 6.45) is 0. The molecule has 0 radical (unpaired) electrons. The summed E-state index contributed by atoms with van der Waals surface area (Å²) in [6, 6.07) is 13.6. The van der Waals surface area contributed by atoms with Crippen LogP contribution in [-0.4, -0.2) is 82.5 Å². The number of carbonyl (C=O) groups is 2. The molecule has 0 aliphatic carbocycles. The van der Waals surface area contributed by atoms with Crippen molar-refractivity contribution in [2.45, 2.75) is 10.8 Å². The van der Waals surface area contributed by atoms with Gasteiger partial charge in [0.1, 0.15) is 13.2 Å². The number of urea groups is 1. The molecule has 0 unspecified atom stereocenters. The van der Waals surface area contributed by atoms with Crippen molar-refractivity contribution in [1.82, 2.24) is 19.8 Å². The second kappa shape index (κ2) is 9.82. The highest BCUT2D eigenvalue weighted by molar-refractivity contribution is 7.89. The number of carbonyl (C=O) groups excluding carboxylic acids is 2. The summed E-state index contributed by atoms with van der Waals surface area (Å²) in [4.78, 5) is 27.1. The molecule has 10 nitrogen and oxygen atoms in total. The minimum atomic E-state index is -3.73. The molecule has 1 atom stereocenters. The highest BCUT2D eigenvalue weighted by Crippen LogP contribution is 2.36. The van der Waals surface area contributed by atoms with Crippen LogP contribution in [0.5, 0.6) is 11.5 Å². The predicted molar refractivity (Wildman–Crippen MR) is 131 cm³/mol. The molecule has 0 saturated heterocycles. The molecule has 2 aromatic carbocycles. The fourth-order valence-corrected chi connectivity index (χ4v) is 6.19. The second-order valence-corrected chi connectivity index (χ2v) is 10.8. The van der Waals surface area contributed by atoms with Gasteiger partial charge in [-0.15, -0.1) is 0 Å². The molecular weight excluding hydrogens is 484 g/mol. The fourth-order valence-electron chi connectivity index (χ4n) is 4.74. The van der Waals surface area contributed by atoms with Gasteiger partial charge in [0.15, 0.2) is 11.5 Å². The molecule has 0 spiro atoms. The zero-order valence-electron chi connectivity index (χ0n) is 19.9. The molecule has 11 heteroatoms. The molecule has 0 fully saturated rings. The minimum absolute atomic E-state index is 0.103. The number of nitrogens with zero attached hydrogens (tertiary/aromatic N) is 2. The van der Waals surface area contributed by atoms with Gasteiger partial charge in [-0.2, -0.15) is 4.31 Å². The maximum absolute atomic E-state index is 13.5. The van der Waals surface area contributed by atoms with Crippen LogP contribution in [0.25, 0.3) is 0 Å². The molecule has 2 N–H and O–H groups in total. The summed E-state index contributed by atoms with van der Waals surface area (Å²) in [5, 5.41) is 5.24. The Bertz CT molecular complexity index is 1290. The second-order valence-electron chi connectivity index (χ2n) is 8.90. The van der Waals surface area contributed by atoms with Crippen molar-refractivity contribution >= 4 is 22.0 Å². The van der Waals surface area contributed by atoms with Crippen molar-refractivity contribution in [2.75, 3.05) is 53.0 Å². The SMILES string of the molecule is CNC(=O)NC[C@H](C(=O)N1CC2=C(C1)CN(S(=O)(=O)c1ccc3c(c1)OCCO3)C2)c1ccccc1. The molecule has 2 aromatic rings. The van der Waals surface area contributed by atoms with Gasteiger partial charge in [-0.3, -0.25) is 4.79 Å². The van der Waals surface area contributed by atoms with Crippen molar-refractivity contribution in [3.05, 3.63) is 65.2 Å². The van der Waals surface area contributed by atoms with Crippen LogP contribution in [0, 0.1) is 0 Å². The van der Waals surface area contributed by atoms with Gasteiger partial charge in [0.25, 0.3) is 0 Å². The van der Waals surface area contributed by atoms with E-state index in [4.69, 9.17) is 9.47 Å². The molecule has 5 rings (SSSR count). The van der Waals surface area contributed by atoms with E-state index in [9.17, 15) is 18.0 Å². The highest BCUT2D eigenvalue weighted by Gasteiger charge is 2.39. The largest absolute Gasteiger partial charge is 0.486 e. The van der Waals surface area contributed by atoms with Gasteiger partial charge >= 0.3 is 6.03 Å². The summed E-state index contributed by atoms with van der Waals surface area (Å²) in [6.45, 7) is 2.18. The van der Waals surface area contributed by atoms with E-state index < -0.39 is 15.9 Å². The van der Waals surface area contributed by atoms with E-state index in [2.05, 4.69) is 10.6 Å². The first kappa shape index (κ1) is 24.1.